The number of ether oxygens (including phenoxy) is 3. The van der Waals surface area contributed by atoms with E-state index in [1.165, 1.54) is 32.4 Å². The maximum atomic E-state index is 11.8. The molecule has 0 saturated carbocycles. The SMILES string of the molecule is C#COC=Nc1cc(N=Nc2c(SOOO)cc3cc(S(=O)(=O)O)c(N)cc3c2O)c(OC)cc1N=Nc1ccc(N=Nc2cccc(SOOO)c2)cc1OC. The van der Waals surface area contributed by atoms with E-state index in [1.807, 2.05) is 6.11 Å². The van der Waals surface area contributed by atoms with E-state index in [1.54, 1.807) is 42.5 Å². The van der Waals surface area contributed by atoms with Crippen LogP contribution in [-0.4, -0.2) is 49.2 Å². The van der Waals surface area contributed by atoms with Gasteiger partial charge in [0.15, 0.2) is 12.2 Å². The largest absolute Gasteiger partial charge is 0.505 e. The zero-order valence-corrected chi connectivity index (χ0v) is 31.4. The van der Waals surface area contributed by atoms with Gasteiger partial charge >= 0.3 is 0 Å². The summed E-state index contributed by atoms with van der Waals surface area (Å²) in [7, 11) is -1.95. The number of anilines is 1. The van der Waals surface area contributed by atoms with E-state index in [0.717, 1.165) is 30.6 Å². The van der Waals surface area contributed by atoms with Crippen LogP contribution in [0.5, 0.6) is 17.2 Å². The minimum atomic E-state index is -4.72. The van der Waals surface area contributed by atoms with E-state index < -0.39 is 20.8 Å². The summed E-state index contributed by atoms with van der Waals surface area (Å²) in [5.41, 5.74) is 6.76. The number of methoxy groups -OCH3 is 2. The van der Waals surface area contributed by atoms with Crippen molar-refractivity contribution in [1.29, 1.82) is 0 Å². The van der Waals surface area contributed by atoms with Crippen LogP contribution in [0.2, 0.25) is 0 Å². The van der Waals surface area contributed by atoms with Crippen molar-refractivity contribution < 1.29 is 61.5 Å². The number of hydrogen-bond acceptors (Lipinski definition) is 22. The van der Waals surface area contributed by atoms with Crippen molar-refractivity contribution >= 4 is 96.9 Å². The molecule has 24 heteroatoms. The van der Waals surface area contributed by atoms with Gasteiger partial charge < -0.3 is 25.1 Å². The molecule has 0 heterocycles. The molecule has 0 spiro atoms. The minimum Gasteiger partial charge on any atom is -0.505 e. The van der Waals surface area contributed by atoms with E-state index in [0.29, 0.717) is 39.7 Å². The van der Waals surface area contributed by atoms with Gasteiger partial charge in [-0.3, -0.25) is 4.55 Å². The number of nitrogens with zero attached hydrogens (tertiary/aromatic N) is 7. The first-order valence-electron chi connectivity index (χ1n) is 15.2. The highest BCUT2D eigenvalue weighted by atomic mass is 32.2. The fraction of sp³-hybridized carbons (Fsp3) is 0.0606. The molecule has 5 aromatic carbocycles. The van der Waals surface area contributed by atoms with E-state index in [-0.39, 0.29) is 49.9 Å². The van der Waals surface area contributed by atoms with Gasteiger partial charge in [0.2, 0.25) is 0 Å². The van der Waals surface area contributed by atoms with Crippen molar-refractivity contribution in [3.05, 3.63) is 72.8 Å². The van der Waals surface area contributed by atoms with Crippen LogP contribution in [-0.2, 0) is 33.6 Å². The van der Waals surface area contributed by atoms with Crippen LogP contribution in [0.25, 0.3) is 10.8 Å². The lowest BCUT2D eigenvalue weighted by Gasteiger charge is -2.12. The Morgan fingerprint density at radius 3 is 2.16 bits per heavy atom. The number of benzene rings is 5. The Bertz CT molecular complexity index is 2550. The van der Waals surface area contributed by atoms with Crippen molar-refractivity contribution in [1.82, 2.24) is 0 Å². The van der Waals surface area contributed by atoms with Gasteiger partial charge in [-0.2, -0.15) is 18.6 Å². The van der Waals surface area contributed by atoms with Crippen molar-refractivity contribution in [3.8, 4) is 29.8 Å². The summed E-state index contributed by atoms with van der Waals surface area (Å²) < 4.78 is 58.1. The van der Waals surface area contributed by atoms with Gasteiger partial charge in [0.1, 0.15) is 45.3 Å². The quantitative estimate of drug-likeness (QED) is 0.00669. The molecule has 0 saturated heterocycles. The Morgan fingerprint density at radius 1 is 0.772 bits per heavy atom. The van der Waals surface area contributed by atoms with Crippen molar-refractivity contribution in [2.75, 3.05) is 20.0 Å². The third kappa shape index (κ3) is 10.7. The Morgan fingerprint density at radius 2 is 1.46 bits per heavy atom. The molecule has 0 aliphatic carbocycles. The number of aliphatic imine (C=N–C) groups is 1. The molecule has 0 aliphatic heterocycles. The number of fused-ring (bicyclic) bond motifs is 1. The molecular weight excluding hydrogens is 813 g/mol. The number of phenolic OH excluding ortho intramolecular Hbond substituents is 1. The van der Waals surface area contributed by atoms with Crippen LogP contribution in [0.3, 0.4) is 0 Å². The van der Waals surface area contributed by atoms with Crippen LogP contribution in [0.15, 0.2) is 123 Å². The predicted octanol–water partition coefficient (Wildman–Crippen LogP) is 9.76. The average Bonchev–Trinajstić information content (AvgIpc) is 3.20. The van der Waals surface area contributed by atoms with E-state index in [9.17, 15) is 18.1 Å². The van der Waals surface area contributed by atoms with Gasteiger partial charge in [-0.25, -0.2) is 15.5 Å². The maximum Gasteiger partial charge on any atom is 0.296 e. The highest BCUT2D eigenvalue weighted by Gasteiger charge is 2.21. The van der Waals surface area contributed by atoms with Gasteiger partial charge in [0.25, 0.3) is 10.1 Å². The van der Waals surface area contributed by atoms with E-state index in [2.05, 4.69) is 54.4 Å². The average molecular weight is 839 g/mol. The molecule has 0 aromatic heterocycles. The first kappa shape index (κ1) is 41.9. The number of phenols is 1. The van der Waals surface area contributed by atoms with Gasteiger partial charge in [-0.1, -0.05) is 22.6 Å². The fourth-order valence-electron chi connectivity index (χ4n) is 4.70. The minimum absolute atomic E-state index is 0.0245. The van der Waals surface area contributed by atoms with E-state index in [4.69, 9.17) is 36.9 Å². The monoisotopic (exact) mass is 838 g/mol. The smallest absolute Gasteiger partial charge is 0.296 e. The molecule has 5 aromatic rings. The lowest BCUT2D eigenvalue weighted by Crippen LogP contribution is -2.03. The zero-order chi connectivity index (χ0) is 41.0. The third-order valence-corrected chi connectivity index (χ3v) is 9.25. The molecule has 0 bridgehead atoms. The van der Waals surface area contributed by atoms with Crippen LogP contribution >= 0.6 is 24.1 Å². The molecule has 5 rings (SSSR count). The summed E-state index contributed by atoms with van der Waals surface area (Å²) in [5.74, 6) is -0.133. The van der Waals surface area contributed by atoms with Gasteiger partial charge in [0, 0.05) is 22.4 Å². The Balaban J connectivity index is 1.50. The van der Waals surface area contributed by atoms with Gasteiger partial charge in [0.05, 0.1) is 66.0 Å². The van der Waals surface area contributed by atoms with Crippen LogP contribution < -0.4 is 15.2 Å². The van der Waals surface area contributed by atoms with Crippen LogP contribution in [0.4, 0.5) is 45.5 Å². The number of nitrogen functional groups attached to an aromatic ring is 1. The summed E-state index contributed by atoms with van der Waals surface area (Å²) in [6.07, 6.45) is 8.12. The number of nitrogens with two attached hydrogens (primary N) is 1. The number of azo groups is 3. The summed E-state index contributed by atoms with van der Waals surface area (Å²) in [4.78, 5) is 4.16. The molecule has 0 aliphatic rings. The maximum absolute atomic E-state index is 11.8. The second kappa shape index (κ2) is 19.6. The van der Waals surface area contributed by atoms with Crippen molar-refractivity contribution in [2.24, 2.45) is 35.7 Å². The third-order valence-electron chi connectivity index (χ3n) is 7.15. The highest BCUT2D eigenvalue weighted by Crippen LogP contribution is 2.47. The summed E-state index contributed by atoms with van der Waals surface area (Å²) in [6, 6.07) is 17.8. The summed E-state index contributed by atoms with van der Waals surface area (Å²) in [5, 5.41) is 61.2. The second-order valence-electron chi connectivity index (χ2n) is 10.5. The zero-order valence-electron chi connectivity index (χ0n) is 29.0. The van der Waals surface area contributed by atoms with E-state index >= 15 is 0 Å². The highest BCUT2D eigenvalue weighted by molar-refractivity contribution is 7.95. The Labute approximate surface area is 330 Å². The molecule has 0 fully saturated rings. The fourth-order valence-corrected chi connectivity index (χ4v) is 6.24. The molecule has 0 amide bonds. The number of rotatable bonds is 17. The molecule has 21 nitrogen and oxygen atoms in total. The number of hydrogen-bond donors (Lipinski definition) is 5. The molecular formula is C33H26N8O13S3. The Kier molecular flexibility index (Phi) is 14.4. The molecule has 0 unspecified atom stereocenters. The first-order chi connectivity index (χ1) is 27.5. The topological polar surface area (TPSA) is 292 Å². The van der Waals surface area contributed by atoms with Crippen molar-refractivity contribution in [3.63, 3.8) is 0 Å². The lowest BCUT2D eigenvalue weighted by molar-refractivity contribution is -0.432. The second-order valence-corrected chi connectivity index (χ2v) is 13.5. The summed E-state index contributed by atoms with van der Waals surface area (Å²) in [6.45, 7) is 0. The van der Waals surface area contributed by atoms with Crippen LogP contribution in [0.1, 0.15) is 0 Å². The number of terminal acetylenes is 1. The number of aromatic hydroxyl groups is 1. The Hall–Kier alpha value is -6.24. The lowest BCUT2D eigenvalue weighted by atomic mass is 10.1. The standard InChI is InChI=1S/C33H26N8O13S3/c1-4-50-17-35-25-15-27(40-41-32-30(56-54-52-44)10-18-11-31(57(45,46)47)23(34)14-22(18)33(32)42)29(49-3)16-26(25)39-38-24-9-8-20(13-28(24)48-2)37-36-19-6-5-7-21(12-19)55-53-51-43/h1,5-17,42-44H,34H2,2-3H3,(H,45,46,47). The predicted molar refractivity (Wildman–Crippen MR) is 204 cm³/mol. The molecule has 0 atom stereocenters. The molecule has 294 valence electrons. The normalized spacial score (nSPS) is 12.0. The van der Waals surface area contributed by atoms with Gasteiger partial charge in [-0.05, 0) is 60.0 Å². The molecule has 6 N–H and O–H groups in total. The molecule has 0 radical (unpaired) electrons. The summed E-state index contributed by atoms with van der Waals surface area (Å²) >= 11 is 1.16. The first-order valence-corrected chi connectivity index (χ1v) is 18.2. The van der Waals surface area contributed by atoms with Gasteiger partial charge in [-0.15, -0.1) is 29.1 Å². The van der Waals surface area contributed by atoms with Crippen LogP contribution in [0, 0.1) is 12.5 Å². The van der Waals surface area contributed by atoms with Crippen molar-refractivity contribution in [2.45, 2.75) is 14.7 Å². The molecule has 57 heavy (non-hydrogen) atoms.